The van der Waals surface area contributed by atoms with E-state index in [-0.39, 0.29) is 0 Å². The van der Waals surface area contributed by atoms with Gasteiger partial charge in [0.2, 0.25) is 0 Å². The molecule has 10 aromatic rings. The summed E-state index contributed by atoms with van der Waals surface area (Å²) in [5, 5.41) is 9.71. The Labute approximate surface area is 366 Å². The maximum Gasteiger partial charge on any atom is 0.164 e. The van der Waals surface area contributed by atoms with Gasteiger partial charge in [0, 0.05) is 16.7 Å². The summed E-state index contributed by atoms with van der Waals surface area (Å²) in [6.07, 6.45) is 0. The van der Waals surface area contributed by atoms with Crippen molar-refractivity contribution < 1.29 is 0 Å². The summed E-state index contributed by atoms with van der Waals surface area (Å²) in [5.41, 5.74) is 19.8. The summed E-state index contributed by atoms with van der Waals surface area (Å²) in [4.78, 5) is 14.9. The van der Waals surface area contributed by atoms with E-state index in [9.17, 15) is 5.26 Å². The molecule has 9 aromatic carbocycles. The molecule has 0 fully saturated rings. The molecule has 63 heavy (non-hydrogen) atoms. The summed E-state index contributed by atoms with van der Waals surface area (Å²) < 4.78 is 0. The topological polar surface area (TPSA) is 62.5 Å². The van der Waals surface area contributed by atoms with Crippen LogP contribution in [-0.4, -0.2) is 15.0 Å². The Kier molecular flexibility index (Phi) is 8.42. The van der Waals surface area contributed by atoms with Gasteiger partial charge in [0.25, 0.3) is 0 Å². The van der Waals surface area contributed by atoms with Gasteiger partial charge in [0.1, 0.15) is 0 Å². The highest BCUT2D eigenvalue weighted by Gasteiger charge is 2.51. The van der Waals surface area contributed by atoms with Crippen molar-refractivity contribution in [3.05, 3.63) is 246 Å². The minimum Gasteiger partial charge on any atom is -0.208 e. The number of nitrogens with zero attached hydrogens (tertiary/aromatic N) is 4. The van der Waals surface area contributed by atoms with E-state index in [1.54, 1.807) is 0 Å². The van der Waals surface area contributed by atoms with Crippen LogP contribution in [0.15, 0.2) is 218 Å². The van der Waals surface area contributed by atoms with E-state index in [0.29, 0.717) is 23.0 Å². The van der Waals surface area contributed by atoms with Crippen LogP contribution < -0.4 is 0 Å². The number of fused-ring (bicyclic) bond motifs is 10. The van der Waals surface area contributed by atoms with Crippen molar-refractivity contribution >= 4 is 0 Å². The number of hydrogen-bond donors (Lipinski definition) is 0. The highest BCUT2D eigenvalue weighted by Crippen LogP contribution is 2.63. The fourth-order valence-corrected chi connectivity index (χ4v) is 9.96. The molecule has 0 radical (unpaired) electrons. The van der Waals surface area contributed by atoms with E-state index >= 15 is 0 Å². The lowest BCUT2D eigenvalue weighted by Gasteiger charge is -2.31. The van der Waals surface area contributed by atoms with Gasteiger partial charge in [0.05, 0.1) is 17.0 Å². The van der Waals surface area contributed by atoms with Gasteiger partial charge in [-0.15, -0.1) is 0 Å². The molecular formula is C59H36N4. The second-order valence-corrected chi connectivity index (χ2v) is 16.2. The molecule has 1 spiro atoms. The van der Waals surface area contributed by atoms with Gasteiger partial charge in [-0.2, -0.15) is 5.26 Å². The van der Waals surface area contributed by atoms with Crippen LogP contribution in [0, 0.1) is 11.3 Å². The monoisotopic (exact) mass is 800 g/mol. The first kappa shape index (κ1) is 36.3. The van der Waals surface area contributed by atoms with Crippen molar-refractivity contribution in [2.45, 2.75) is 5.41 Å². The third-order valence-corrected chi connectivity index (χ3v) is 12.8. The Bertz CT molecular complexity index is 3340. The van der Waals surface area contributed by atoms with E-state index in [1.165, 1.54) is 44.5 Å². The van der Waals surface area contributed by atoms with E-state index in [0.717, 1.165) is 50.1 Å². The summed E-state index contributed by atoms with van der Waals surface area (Å²) in [7, 11) is 0. The first-order chi connectivity index (χ1) is 31.2. The second-order valence-electron chi connectivity index (χ2n) is 16.2. The van der Waals surface area contributed by atoms with Crippen LogP contribution in [0.4, 0.5) is 0 Å². The lowest BCUT2D eigenvalue weighted by molar-refractivity contribution is 0.794. The molecule has 0 bridgehead atoms. The minimum absolute atomic E-state index is 0.465. The predicted molar refractivity (Wildman–Crippen MR) is 253 cm³/mol. The molecule has 0 atom stereocenters. The summed E-state index contributed by atoms with van der Waals surface area (Å²) >= 11 is 0. The van der Waals surface area contributed by atoms with E-state index < -0.39 is 5.41 Å². The van der Waals surface area contributed by atoms with Crippen molar-refractivity contribution in [1.29, 1.82) is 5.26 Å². The normalized spacial score (nSPS) is 12.6. The van der Waals surface area contributed by atoms with Gasteiger partial charge in [-0.1, -0.05) is 188 Å². The van der Waals surface area contributed by atoms with Gasteiger partial charge in [-0.05, 0) is 108 Å². The van der Waals surface area contributed by atoms with Crippen molar-refractivity contribution in [2.75, 3.05) is 0 Å². The molecule has 4 heteroatoms. The van der Waals surface area contributed by atoms with Crippen LogP contribution in [0.2, 0.25) is 0 Å². The summed E-state index contributed by atoms with van der Waals surface area (Å²) in [6, 6.07) is 79.4. The second kappa shape index (κ2) is 14.6. The number of hydrogen-bond acceptors (Lipinski definition) is 4. The number of benzene rings is 9. The molecule has 0 N–H and O–H groups in total. The molecule has 0 saturated heterocycles. The standard InChI is InChI=1S/C59H36N4/c60-37-38-26-28-40(29-27-38)49-35-51-48-22-9-12-25-54(48)59(52-23-10-7-20-46(52)47-21-8-11-24-53(47)59)55(51)36-50(49)41-32-30-39(31-33-41)44-18-13-19-45(34-44)58-62-56(42-14-3-1-4-15-42)61-57(63-58)43-16-5-2-6-17-43/h1-36H. The molecule has 0 unspecified atom stereocenters. The molecular weight excluding hydrogens is 765 g/mol. The Morgan fingerprint density at radius 3 is 1.24 bits per heavy atom. The molecule has 0 amide bonds. The average Bonchev–Trinajstić information content (AvgIpc) is 3.83. The summed E-state index contributed by atoms with van der Waals surface area (Å²) in [6.45, 7) is 0. The molecule has 12 rings (SSSR count). The fourth-order valence-electron chi connectivity index (χ4n) is 9.96. The number of aromatic nitrogens is 3. The van der Waals surface area contributed by atoms with Gasteiger partial charge < -0.3 is 0 Å². The van der Waals surface area contributed by atoms with Gasteiger partial charge in [-0.3, -0.25) is 0 Å². The SMILES string of the molecule is N#Cc1ccc(-c2cc3c(cc2-c2ccc(-c4cccc(-c5nc(-c6ccccc6)nc(-c6ccccc6)n5)c4)cc2)C2(c4ccccc4-c4ccccc42)c2ccccc2-3)cc1. The van der Waals surface area contributed by atoms with Crippen LogP contribution >= 0.6 is 0 Å². The quantitative estimate of drug-likeness (QED) is 0.168. The van der Waals surface area contributed by atoms with Crippen LogP contribution in [0.5, 0.6) is 0 Å². The molecule has 2 aliphatic rings. The van der Waals surface area contributed by atoms with Crippen LogP contribution in [-0.2, 0) is 5.41 Å². The lowest BCUT2D eigenvalue weighted by Crippen LogP contribution is -2.25. The Morgan fingerprint density at radius 1 is 0.286 bits per heavy atom. The molecule has 1 heterocycles. The van der Waals surface area contributed by atoms with E-state index in [4.69, 9.17) is 15.0 Å². The van der Waals surface area contributed by atoms with Crippen LogP contribution in [0.1, 0.15) is 27.8 Å². The van der Waals surface area contributed by atoms with Crippen molar-refractivity contribution in [2.24, 2.45) is 0 Å². The zero-order valence-corrected chi connectivity index (χ0v) is 34.1. The Morgan fingerprint density at radius 2 is 0.698 bits per heavy atom. The van der Waals surface area contributed by atoms with E-state index in [2.05, 4.69) is 152 Å². The number of nitriles is 1. The minimum atomic E-state index is -0.465. The molecule has 1 aromatic heterocycles. The third-order valence-electron chi connectivity index (χ3n) is 12.8. The maximum atomic E-state index is 9.71. The fraction of sp³-hybridized carbons (Fsp3) is 0.0169. The van der Waals surface area contributed by atoms with Gasteiger partial charge in [0.15, 0.2) is 17.5 Å². The van der Waals surface area contributed by atoms with Crippen molar-refractivity contribution in [3.63, 3.8) is 0 Å². The predicted octanol–water partition coefficient (Wildman–Crippen LogP) is 14.1. The van der Waals surface area contributed by atoms with Crippen LogP contribution in [0.25, 0.3) is 89.8 Å². The molecule has 2 aliphatic carbocycles. The van der Waals surface area contributed by atoms with Gasteiger partial charge >= 0.3 is 0 Å². The largest absolute Gasteiger partial charge is 0.208 e. The Balaban J connectivity index is 1.00. The smallest absolute Gasteiger partial charge is 0.164 e. The number of rotatable bonds is 6. The third kappa shape index (κ3) is 5.79. The summed E-state index contributed by atoms with van der Waals surface area (Å²) in [5.74, 6) is 1.89. The first-order valence-electron chi connectivity index (χ1n) is 21.2. The molecule has 4 nitrogen and oxygen atoms in total. The van der Waals surface area contributed by atoms with Crippen molar-refractivity contribution in [3.8, 4) is 95.9 Å². The molecule has 0 aliphatic heterocycles. The maximum absolute atomic E-state index is 9.71. The lowest BCUT2D eigenvalue weighted by atomic mass is 9.70. The van der Waals surface area contributed by atoms with Crippen molar-refractivity contribution in [1.82, 2.24) is 15.0 Å². The van der Waals surface area contributed by atoms with Gasteiger partial charge in [-0.25, -0.2) is 15.0 Å². The zero-order chi connectivity index (χ0) is 41.9. The first-order valence-corrected chi connectivity index (χ1v) is 21.2. The highest BCUT2D eigenvalue weighted by atomic mass is 15.0. The van der Waals surface area contributed by atoms with Crippen LogP contribution in [0.3, 0.4) is 0 Å². The highest BCUT2D eigenvalue weighted by molar-refractivity contribution is 5.99. The molecule has 292 valence electrons. The molecule has 0 saturated carbocycles. The average molecular weight is 801 g/mol. The van der Waals surface area contributed by atoms with E-state index in [1.807, 2.05) is 72.8 Å². The zero-order valence-electron chi connectivity index (χ0n) is 34.1. The Hall–Kier alpha value is -8.52.